The lowest BCUT2D eigenvalue weighted by Gasteiger charge is -2.52. The lowest BCUT2D eigenvalue weighted by atomic mass is 9.50. The van der Waals surface area contributed by atoms with Crippen LogP contribution in [-0.2, 0) is 19.6 Å². The standard InChI is InChI=1S/C30H38N2O5S/c1-29-17-19(16-20(29)6-11-23-24-12-13-26(34)30(24,2)18-25(33)27(23)29)28(32-14-4-5-15-32)31-38(35,36)22-9-7-21(37-3)8-10-22/h6-10,19,23-24,27H,4-5,11-18H2,1-3H3. The minimum Gasteiger partial charge on any atom is -0.497 e. The van der Waals surface area contributed by atoms with Crippen molar-refractivity contribution in [2.24, 2.45) is 38.9 Å². The van der Waals surface area contributed by atoms with Gasteiger partial charge in [0.15, 0.2) is 0 Å². The number of hydrogen-bond donors (Lipinski definition) is 0. The zero-order valence-corrected chi connectivity index (χ0v) is 23.4. The van der Waals surface area contributed by atoms with Crippen LogP contribution in [-0.4, -0.2) is 50.9 Å². The van der Waals surface area contributed by atoms with Gasteiger partial charge in [0.1, 0.15) is 23.2 Å². The quantitative estimate of drug-likeness (QED) is 0.310. The van der Waals surface area contributed by atoms with Crippen molar-refractivity contribution in [3.63, 3.8) is 0 Å². The fraction of sp³-hybridized carbons (Fsp3) is 0.633. The molecule has 4 fully saturated rings. The number of fused-ring (bicyclic) bond motifs is 5. The molecule has 0 amide bonds. The lowest BCUT2D eigenvalue weighted by Crippen LogP contribution is -2.53. The molecule has 6 atom stereocenters. The first-order chi connectivity index (χ1) is 18.1. The van der Waals surface area contributed by atoms with Crippen LogP contribution in [0.15, 0.2) is 45.2 Å². The first kappa shape index (κ1) is 25.8. The van der Waals surface area contributed by atoms with Crippen molar-refractivity contribution in [1.82, 2.24) is 4.90 Å². The van der Waals surface area contributed by atoms with E-state index >= 15 is 0 Å². The van der Waals surface area contributed by atoms with E-state index in [4.69, 9.17) is 4.74 Å². The minimum absolute atomic E-state index is 0.0533. The molecule has 5 aliphatic rings. The van der Waals surface area contributed by atoms with Crippen molar-refractivity contribution in [2.45, 2.75) is 70.1 Å². The predicted octanol–water partition coefficient (Wildman–Crippen LogP) is 4.82. The maximum Gasteiger partial charge on any atom is 0.283 e. The average molecular weight is 539 g/mol. The van der Waals surface area contributed by atoms with Gasteiger partial charge < -0.3 is 9.64 Å². The van der Waals surface area contributed by atoms with E-state index in [1.807, 2.05) is 6.92 Å². The van der Waals surface area contributed by atoms with Gasteiger partial charge in [0.05, 0.1) is 12.0 Å². The summed E-state index contributed by atoms with van der Waals surface area (Å²) in [7, 11) is -2.35. The molecular formula is C30H38N2O5S. The molecule has 204 valence electrons. The molecular weight excluding hydrogens is 500 g/mol. The van der Waals surface area contributed by atoms with Crippen LogP contribution in [0.2, 0.25) is 0 Å². The summed E-state index contributed by atoms with van der Waals surface area (Å²) in [5.41, 5.74) is 0.452. The molecule has 0 spiro atoms. The maximum atomic E-state index is 13.7. The van der Waals surface area contributed by atoms with Crippen molar-refractivity contribution >= 4 is 27.4 Å². The SMILES string of the molecule is COc1ccc(S(=O)(=O)N=C(C2CC3=CCC4C5CCC(=O)C5(C)CC(=O)C4C3(C)C2)N2CCCC2)cc1. The number of allylic oxidation sites excluding steroid dienone is 2. The number of hydrogen-bond acceptors (Lipinski definition) is 5. The summed E-state index contributed by atoms with van der Waals surface area (Å²) >= 11 is 0. The average Bonchev–Trinajstić information content (AvgIpc) is 3.60. The second kappa shape index (κ2) is 9.04. The largest absolute Gasteiger partial charge is 0.497 e. The molecule has 6 rings (SSSR count). The molecule has 1 aliphatic heterocycles. The molecule has 7 nitrogen and oxygen atoms in total. The number of sulfonamides is 1. The van der Waals surface area contributed by atoms with Gasteiger partial charge >= 0.3 is 0 Å². The zero-order chi connectivity index (χ0) is 26.9. The van der Waals surface area contributed by atoms with E-state index in [1.54, 1.807) is 31.4 Å². The minimum atomic E-state index is -3.91. The van der Waals surface area contributed by atoms with Gasteiger partial charge in [0.25, 0.3) is 10.0 Å². The molecule has 1 aromatic carbocycles. The maximum absolute atomic E-state index is 13.7. The summed E-state index contributed by atoms with van der Waals surface area (Å²) in [6.07, 6.45) is 8.47. The fourth-order valence-electron chi connectivity index (χ4n) is 8.66. The predicted molar refractivity (Wildman–Crippen MR) is 144 cm³/mol. The Labute approximate surface area is 225 Å². The number of carbonyl (C=O) groups excluding carboxylic acids is 2. The number of ether oxygens (including phenoxy) is 1. The van der Waals surface area contributed by atoms with E-state index in [1.165, 1.54) is 5.57 Å². The van der Waals surface area contributed by atoms with Crippen LogP contribution >= 0.6 is 0 Å². The molecule has 0 N–H and O–H groups in total. The van der Waals surface area contributed by atoms with Crippen molar-refractivity contribution in [3.8, 4) is 5.75 Å². The monoisotopic (exact) mass is 538 g/mol. The van der Waals surface area contributed by atoms with Crippen LogP contribution in [0.5, 0.6) is 5.75 Å². The molecule has 8 heteroatoms. The number of ketones is 2. The summed E-state index contributed by atoms with van der Waals surface area (Å²) < 4.78 is 36.6. The van der Waals surface area contributed by atoms with E-state index in [9.17, 15) is 18.0 Å². The topological polar surface area (TPSA) is 93.1 Å². The summed E-state index contributed by atoms with van der Waals surface area (Å²) in [5.74, 6) is 2.02. The van der Waals surface area contributed by atoms with Crippen molar-refractivity contribution in [2.75, 3.05) is 20.2 Å². The third-order valence-corrected chi connectivity index (χ3v) is 11.8. The van der Waals surface area contributed by atoms with Gasteiger partial charge in [0.2, 0.25) is 0 Å². The smallest absolute Gasteiger partial charge is 0.283 e. The van der Waals surface area contributed by atoms with E-state index < -0.39 is 15.4 Å². The van der Waals surface area contributed by atoms with Gasteiger partial charge in [-0.1, -0.05) is 25.5 Å². The highest BCUT2D eigenvalue weighted by atomic mass is 32.2. The van der Waals surface area contributed by atoms with Gasteiger partial charge in [-0.2, -0.15) is 8.42 Å². The highest BCUT2D eigenvalue weighted by Crippen LogP contribution is 2.64. The molecule has 1 saturated heterocycles. The Morgan fingerprint density at radius 2 is 1.79 bits per heavy atom. The van der Waals surface area contributed by atoms with E-state index in [-0.39, 0.29) is 45.5 Å². The first-order valence-corrected chi connectivity index (χ1v) is 15.5. The van der Waals surface area contributed by atoms with Crippen LogP contribution < -0.4 is 4.74 Å². The summed E-state index contributed by atoms with van der Waals surface area (Å²) in [4.78, 5) is 28.8. The lowest BCUT2D eigenvalue weighted by molar-refractivity contribution is -0.147. The Morgan fingerprint density at radius 3 is 2.47 bits per heavy atom. The molecule has 1 aromatic rings. The van der Waals surface area contributed by atoms with Crippen LogP contribution in [0.1, 0.15) is 65.2 Å². The second-order valence-electron chi connectivity index (χ2n) is 12.6. The number of nitrogens with zero attached hydrogens (tertiary/aromatic N) is 2. The van der Waals surface area contributed by atoms with Gasteiger partial charge in [0, 0.05) is 43.2 Å². The first-order valence-electron chi connectivity index (χ1n) is 14.1. The normalized spacial score (nSPS) is 37.1. The van der Waals surface area contributed by atoms with Gasteiger partial charge in [-0.15, -0.1) is 4.40 Å². The van der Waals surface area contributed by atoms with Crippen LogP contribution in [0.4, 0.5) is 0 Å². The van der Waals surface area contributed by atoms with Crippen molar-refractivity contribution in [1.29, 1.82) is 0 Å². The number of likely N-dealkylation sites (tertiary alicyclic amines) is 1. The molecule has 0 bridgehead atoms. The number of rotatable bonds is 4. The Hall–Kier alpha value is -2.48. The summed E-state index contributed by atoms with van der Waals surface area (Å²) in [5, 5.41) is 0. The number of benzene rings is 1. The number of methoxy groups -OCH3 is 1. The summed E-state index contributed by atoms with van der Waals surface area (Å²) in [6, 6.07) is 6.37. The fourth-order valence-corrected chi connectivity index (χ4v) is 9.76. The van der Waals surface area contributed by atoms with Crippen LogP contribution in [0.3, 0.4) is 0 Å². The number of Topliss-reactive ketones (excluding diaryl/α,β-unsaturated/α-hetero) is 2. The van der Waals surface area contributed by atoms with Gasteiger partial charge in [-0.3, -0.25) is 9.59 Å². The molecule has 1 heterocycles. The molecule has 4 aliphatic carbocycles. The Balaban J connectivity index is 1.34. The molecule has 0 radical (unpaired) electrons. The molecule has 0 aromatic heterocycles. The van der Waals surface area contributed by atoms with Crippen molar-refractivity contribution < 1.29 is 22.7 Å². The third-order valence-electron chi connectivity index (χ3n) is 10.5. The summed E-state index contributed by atoms with van der Waals surface area (Å²) in [6.45, 7) is 5.84. The number of amidine groups is 1. The number of carbonyl (C=O) groups is 2. The van der Waals surface area contributed by atoms with Crippen molar-refractivity contribution in [3.05, 3.63) is 35.9 Å². The Bertz CT molecular complexity index is 1330. The van der Waals surface area contributed by atoms with E-state index in [2.05, 4.69) is 22.3 Å². The third kappa shape index (κ3) is 3.89. The van der Waals surface area contributed by atoms with E-state index in [0.717, 1.165) is 51.6 Å². The van der Waals surface area contributed by atoms with Crippen LogP contribution in [0.25, 0.3) is 0 Å². The molecule has 38 heavy (non-hydrogen) atoms. The zero-order valence-electron chi connectivity index (χ0n) is 22.6. The molecule has 3 saturated carbocycles. The van der Waals surface area contributed by atoms with E-state index in [0.29, 0.717) is 24.4 Å². The second-order valence-corrected chi connectivity index (χ2v) is 14.2. The highest BCUT2D eigenvalue weighted by molar-refractivity contribution is 7.90. The van der Waals surface area contributed by atoms with Crippen LogP contribution in [0, 0.1) is 34.5 Å². The highest BCUT2D eigenvalue weighted by Gasteiger charge is 2.63. The van der Waals surface area contributed by atoms with Gasteiger partial charge in [-0.25, -0.2) is 0 Å². The molecule has 6 unspecified atom stereocenters. The Kier molecular flexibility index (Phi) is 6.13. The Morgan fingerprint density at radius 1 is 1.08 bits per heavy atom. The van der Waals surface area contributed by atoms with Gasteiger partial charge in [-0.05, 0) is 80.0 Å².